The largest absolute Gasteiger partial charge is 0.444 e. The third-order valence-electron chi connectivity index (χ3n) is 7.79. The average molecular weight is 586 g/mol. The molecule has 0 aromatic heterocycles. The summed E-state index contributed by atoms with van der Waals surface area (Å²) in [4.78, 5) is 45.2. The number of benzene rings is 3. The van der Waals surface area contributed by atoms with Gasteiger partial charge in [0.05, 0.1) is 0 Å². The minimum atomic E-state index is -0.750. The molecule has 7 nitrogen and oxygen atoms in total. The molecule has 0 saturated carbocycles. The molecular weight excluding hydrogens is 538 g/mol. The van der Waals surface area contributed by atoms with E-state index in [1.807, 2.05) is 95.3 Å². The number of likely N-dealkylation sites (N-methyl/N-ethyl adjacent to an activating group) is 2. The van der Waals surface area contributed by atoms with Crippen molar-refractivity contribution in [2.45, 2.75) is 71.1 Å². The fourth-order valence-corrected chi connectivity index (χ4v) is 4.97. The summed E-state index contributed by atoms with van der Waals surface area (Å²) < 4.78 is 5.53. The molecule has 0 fully saturated rings. The lowest BCUT2D eigenvalue weighted by molar-refractivity contribution is -0.142. The standard InChI is InChI=1S/C36H47N3O4/c1-26(25-36(5,6)39(9)34(42)43-35(2,3)4)32(40)38(8)31(24-28-19-20-29-17-13-14-18-30(29)23-28)33(41)37(7)22-21-27-15-11-10-12-16-27/h10-20,23,31H,1,21-22,24-25H2,2-9H3/t31-/m1/s1. The van der Waals surface area contributed by atoms with Crippen LogP contribution in [0.1, 0.15) is 52.2 Å². The van der Waals surface area contributed by atoms with E-state index >= 15 is 0 Å². The van der Waals surface area contributed by atoms with Crippen molar-refractivity contribution < 1.29 is 19.1 Å². The monoisotopic (exact) mass is 585 g/mol. The first-order chi connectivity index (χ1) is 20.1. The summed E-state index contributed by atoms with van der Waals surface area (Å²) in [6.45, 7) is 13.8. The number of rotatable bonds is 11. The molecule has 0 bridgehead atoms. The second-order valence-corrected chi connectivity index (χ2v) is 12.9. The van der Waals surface area contributed by atoms with Gasteiger partial charge in [0.15, 0.2) is 0 Å². The second kappa shape index (κ2) is 13.9. The van der Waals surface area contributed by atoms with Gasteiger partial charge >= 0.3 is 6.09 Å². The predicted octanol–water partition coefficient (Wildman–Crippen LogP) is 6.50. The molecular formula is C36H47N3O4. The quantitative estimate of drug-likeness (QED) is 0.241. The summed E-state index contributed by atoms with van der Waals surface area (Å²) in [5.74, 6) is -0.473. The molecule has 0 unspecified atom stereocenters. The highest BCUT2D eigenvalue weighted by atomic mass is 16.6. The van der Waals surface area contributed by atoms with Gasteiger partial charge < -0.3 is 19.4 Å². The Balaban J connectivity index is 1.82. The van der Waals surface area contributed by atoms with Crippen molar-refractivity contribution in [1.29, 1.82) is 0 Å². The van der Waals surface area contributed by atoms with Crippen LogP contribution < -0.4 is 0 Å². The van der Waals surface area contributed by atoms with Crippen molar-refractivity contribution in [3.63, 3.8) is 0 Å². The van der Waals surface area contributed by atoms with Crippen LogP contribution in [-0.4, -0.2) is 77.5 Å². The van der Waals surface area contributed by atoms with Crippen LogP contribution in [0.25, 0.3) is 10.8 Å². The minimum absolute atomic E-state index is 0.141. The maximum Gasteiger partial charge on any atom is 0.410 e. The third-order valence-corrected chi connectivity index (χ3v) is 7.79. The first-order valence-corrected chi connectivity index (χ1v) is 14.8. The van der Waals surface area contributed by atoms with Crippen molar-refractivity contribution in [2.75, 3.05) is 27.7 Å². The highest BCUT2D eigenvalue weighted by Gasteiger charge is 2.35. The molecule has 3 aromatic rings. The van der Waals surface area contributed by atoms with E-state index in [-0.39, 0.29) is 18.2 Å². The molecule has 0 saturated heterocycles. The van der Waals surface area contributed by atoms with Gasteiger partial charge in [-0.1, -0.05) is 79.4 Å². The van der Waals surface area contributed by atoms with E-state index in [1.165, 1.54) is 9.80 Å². The Bertz CT molecular complexity index is 1440. The summed E-state index contributed by atoms with van der Waals surface area (Å²) >= 11 is 0. The van der Waals surface area contributed by atoms with Gasteiger partial charge in [0.25, 0.3) is 0 Å². The van der Waals surface area contributed by atoms with Crippen LogP contribution in [0.3, 0.4) is 0 Å². The van der Waals surface area contributed by atoms with Crippen LogP contribution in [0.2, 0.25) is 0 Å². The number of amides is 3. The third kappa shape index (κ3) is 9.18. The number of ether oxygens (including phenoxy) is 1. The maximum absolute atomic E-state index is 13.9. The summed E-state index contributed by atoms with van der Waals surface area (Å²) in [6, 6.07) is 23.5. The summed E-state index contributed by atoms with van der Waals surface area (Å²) in [5.41, 5.74) is 1.02. The van der Waals surface area contributed by atoms with Gasteiger partial charge in [-0.3, -0.25) is 9.59 Å². The Morgan fingerprint density at radius 2 is 1.42 bits per heavy atom. The number of fused-ring (bicyclic) bond motifs is 1. The van der Waals surface area contributed by atoms with Crippen molar-refractivity contribution >= 4 is 28.7 Å². The molecule has 3 aromatic carbocycles. The Morgan fingerprint density at radius 1 is 0.814 bits per heavy atom. The molecule has 1 atom stereocenters. The molecule has 0 N–H and O–H groups in total. The SMILES string of the molecule is C=C(CC(C)(C)N(C)C(=O)OC(C)(C)C)C(=O)N(C)[C@H](Cc1ccc2ccccc2c1)C(=O)N(C)CCc1ccccc1. The second-order valence-electron chi connectivity index (χ2n) is 12.9. The minimum Gasteiger partial charge on any atom is -0.444 e. The normalized spacial score (nSPS) is 12.4. The Kier molecular flexibility index (Phi) is 10.8. The predicted molar refractivity (Wildman–Crippen MR) is 174 cm³/mol. The molecule has 0 spiro atoms. The molecule has 0 aliphatic rings. The molecule has 0 aliphatic heterocycles. The van der Waals surface area contributed by atoms with E-state index in [4.69, 9.17) is 4.74 Å². The van der Waals surface area contributed by atoms with E-state index < -0.39 is 23.3 Å². The van der Waals surface area contributed by atoms with Crippen LogP contribution in [0.5, 0.6) is 0 Å². The fraction of sp³-hybridized carbons (Fsp3) is 0.417. The van der Waals surface area contributed by atoms with Crippen molar-refractivity contribution in [3.8, 4) is 0 Å². The first-order valence-electron chi connectivity index (χ1n) is 14.8. The zero-order chi connectivity index (χ0) is 31.9. The van der Waals surface area contributed by atoms with Crippen LogP contribution in [0.4, 0.5) is 4.79 Å². The lowest BCUT2D eigenvalue weighted by atomic mass is 9.93. The van der Waals surface area contributed by atoms with Gasteiger partial charge in [-0.05, 0) is 62.9 Å². The van der Waals surface area contributed by atoms with Crippen LogP contribution in [0, 0.1) is 0 Å². The topological polar surface area (TPSA) is 70.2 Å². The van der Waals surface area contributed by atoms with Gasteiger partial charge in [0.2, 0.25) is 11.8 Å². The van der Waals surface area contributed by atoms with Gasteiger partial charge in [-0.25, -0.2) is 4.79 Å². The van der Waals surface area contributed by atoms with E-state index in [0.717, 1.165) is 21.9 Å². The van der Waals surface area contributed by atoms with E-state index in [1.54, 1.807) is 26.0 Å². The summed E-state index contributed by atoms with van der Waals surface area (Å²) in [6.07, 6.45) is 0.805. The average Bonchev–Trinajstić information content (AvgIpc) is 2.96. The maximum atomic E-state index is 13.9. The van der Waals surface area contributed by atoms with E-state index in [2.05, 4.69) is 18.7 Å². The zero-order valence-electron chi connectivity index (χ0n) is 27.0. The van der Waals surface area contributed by atoms with Crippen molar-refractivity contribution in [1.82, 2.24) is 14.7 Å². The molecule has 7 heteroatoms. The lowest BCUT2D eigenvalue weighted by Crippen LogP contribution is -2.51. The van der Waals surface area contributed by atoms with Crippen LogP contribution >= 0.6 is 0 Å². The summed E-state index contributed by atoms with van der Waals surface area (Å²) in [5, 5.41) is 2.19. The fourth-order valence-electron chi connectivity index (χ4n) is 4.97. The number of carbonyl (C=O) groups excluding carboxylic acids is 3. The molecule has 0 aliphatic carbocycles. The van der Waals surface area contributed by atoms with Gasteiger partial charge in [0.1, 0.15) is 11.6 Å². The summed E-state index contributed by atoms with van der Waals surface area (Å²) in [7, 11) is 5.10. The number of nitrogens with zero attached hydrogens (tertiary/aromatic N) is 3. The van der Waals surface area contributed by atoms with Gasteiger partial charge in [0, 0.05) is 51.6 Å². The molecule has 3 rings (SSSR count). The number of carbonyl (C=O) groups is 3. The van der Waals surface area contributed by atoms with Gasteiger partial charge in [-0.15, -0.1) is 0 Å². The molecule has 0 radical (unpaired) electrons. The Hall–Kier alpha value is -4.13. The lowest BCUT2D eigenvalue weighted by Gasteiger charge is -2.38. The highest BCUT2D eigenvalue weighted by Crippen LogP contribution is 2.26. The van der Waals surface area contributed by atoms with Gasteiger partial charge in [-0.2, -0.15) is 0 Å². The highest BCUT2D eigenvalue weighted by molar-refractivity contribution is 5.96. The Morgan fingerprint density at radius 3 is 2.05 bits per heavy atom. The van der Waals surface area contributed by atoms with Crippen molar-refractivity contribution in [2.24, 2.45) is 0 Å². The number of hydrogen-bond donors (Lipinski definition) is 0. The molecule has 3 amide bonds. The first kappa shape index (κ1) is 33.4. The van der Waals surface area contributed by atoms with E-state index in [9.17, 15) is 14.4 Å². The zero-order valence-corrected chi connectivity index (χ0v) is 27.0. The van der Waals surface area contributed by atoms with Crippen LogP contribution in [-0.2, 0) is 27.2 Å². The molecule has 43 heavy (non-hydrogen) atoms. The molecule has 0 heterocycles. The van der Waals surface area contributed by atoms with E-state index in [0.29, 0.717) is 25.0 Å². The number of hydrogen-bond acceptors (Lipinski definition) is 4. The Labute approximate surface area is 257 Å². The van der Waals surface area contributed by atoms with Crippen LogP contribution in [0.15, 0.2) is 84.9 Å². The van der Waals surface area contributed by atoms with Crippen molar-refractivity contribution in [3.05, 3.63) is 96.1 Å². The smallest absolute Gasteiger partial charge is 0.410 e. The molecule has 230 valence electrons.